The zero-order chi connectivity index (χ0) is 16.6. The summed E-state index contributed by atoms with van der Waals surface area (Å²) in [5.74, 6) is -0.189. The lowest BCUT2D eigenvalue weighted by Crippen LogP contribution is -2.34. The summed E-state index contributed by atoms with van der Waals surface area (Å²) in [5.41, 5.74) is 1.32. The molecule has 0 fully saturated rings. The summed E-state index contributed by atoms with van der Waals surface area (Å²) in [7, 11) is 0. The number of aliphatic carboxylic acids is 1. The Hall–Kier alpha value is -1.34. The molecule has 0 radical (unpaired) electrons. The molecule has 1 unspecified atom stereocenters. The number of nitrogens with one attached hydrogen (secondary N) is 1. The summed E-state index contributed by atoms with van der Waals surface area (Å²) in [5, 5.41) is 14.4. The minimum atomic E-state index is -0.846. The highest BCUT2D eigenvalue weighted by atomic mass is 32.2. The fraction of sp³-hybridized carbons (Fsp3) is 0.562. The molecule has 2 N–H and O–H groups in total. The van der Waals surface area contributed by atoms with Gasteiger partial charge in [-0.1, -0.05) is 25.6 Å². The van der Waals surface area contributed by atoms with Crippen molar-refractivity contribution in [2.75, 3.05) is 11.6 Å². The van der Waals surface area contributed by atoms with Crippen LogP contribution in [0.4, 0.5) is 5.82 Å². The van der Waals surface area contributed by atoms with Crippen LogP contribution in [0.15, 0.2) is 5.16 Å². The number of thiophene rings is 1. The van der Waals surface area contributed by atoms with Crippen molar-refractivity contribution in [3.63, 3.8) is 0 Å². The van der Waals surface area contributed by atoms with E-state index in [1.165, 1.54) is 35.0 Å². The smallest absolute Gasteiger partial charge is 0.326 e. The first-order valence-corrected chi connectivity index (χ1v) is 9.91. The minimum Gasteiger partial charge on any atom is -0.480 e. The molecule has 3 rings (SSSR count). The fourth-order valence-corrected chi connectivity index (χ4v) is 4.68. The standard InChI is InChI=1S/C16H21N3O2S2/c1-8(2)12(15(20)21)17-13-11-9-6-4-5-7-10(9)23-14(11)19-16(18-13)22-3/h8,12H,4-7H2,1-3H3,(H,20,21)(H,17,18,19). The number of fused-ring (bicyclic) bond motifs is 3. The molecule has 0 aliphatic heterocycles. The minimum absolute atomic E-state index is 0.0234. The molecule has 1 aliphatic carbocycles. The lowest BCUT2D eigenvalue weighted by atomic mass is 9.96. The molecular formula is C16H21N3O2S2. The second-order valence-electron chi connectivity index (χ2n) is 6.15. The molecule has 2 aromatic heterocycles. The van der Waals surface area contributed by atoms with E-state index < -0.39 is 12.0 Å². The van der Waals surface area contributed by atoms with Gasteiger partial charge < -0.3 is 10.4 Å². The number of aromatic nitrogens is 2. The lowest BCUT2D eigenvalue weighted by molar-refractivity contribution is -0.138. The molecule has 2 heterocycles. The average Bonchev–Trinajstić information content (AvgIpc) is 2.89. The summed E-state index contributed by atoms with van der Waals surface area (Å²) in [6.45, 7) is 3.81. The van der Waals surface area contributed by atoms with E-state index >= 15 is 0 Å². The molecular weight excluding hydrogens is 330 g/mol. The van der Waals surface area contributed by atoms with Crippen molar-refractivity contribution in [1.29, 1.82) is 0 Å². The normalized spacial score (nSPS) is 15.7. The van der Waals surface area contributed by atoms with Crippen LogP contribution >= 0.6 is 23.1 Å². The van der Waals surface area contributed by atoms with Crippen molar-refractivity contribution in [2.45, 2.75) is 50.7 Å². The van der Waals surface area contributed by atoms with Crippen LogP contribution in [0, 0.1) is 5.92 Å². The number of thioether (sulfide) groups is 1. The maximum absolute atomic E-state index is 11.6. The zero-order valence-electron chi connectivity index (χ0n) is 13.5. The van der Waals surface area contributed by atoms with Crippen LogP contribution in [0.25, 0.3) is 10.2 Å². The van der Waals surface area contributed by atoms with Crippen molar-refractivity contribution >= 4 is 45.1 Å². The van der Waals surface area contributed by atoms with Crippen LogP contribution in [0.5, 0.6) is 0 Å². The summed E-state index contributed by atoms with van der Waals surface area (Å²) in [6.07, 6.45) is 6.46. The van der Waals surface area contributed by atoms with Gasteiger partial charge in [-0.3, -0.25) is 0 Å². The molecule has 1 atom stereocenters. The number of nitrogens with zero attached hydrogens (tertiary/aromatic N) is 2. The van der Waals surface area contributed by atoms with Crippen molar-refractivity contribution in [3.05, 3.63) is 10.4 Å². The Morgan fingerprint density at radius 1 is 1.30 bits per heavy atom. The Bertz CT molecular complexity index is 742. The number of rotatable bonds is 5. The zero-order valence-corrected chi connectivity index (χ0v) is 15.2. The van der Waals surface area contributed by atoms with Gasteiger partial charge >= 0.3 is 5.97 Å². The number of carboxylic acids is 1. The molecule has 5 nitrogen and oxygen atoms in total. The quantitative estimate of drug-likeness (QED) is 0.630. The maximum atomic E-state index is 11.6. The Labute approximate surface area is 143 Å². The van der Waals surface area contributed by atoms with Gasteiger partial charge in [0, 0.05) is 4.88 Å². The summed E-state index contributed by atoms with van der Waals surface area (Å²) in [4.78, 5) is 23.1. The number of carbonyl (C=O) groups is 1. The average molecular weight is 351 g/mol. The third kappa shape index (κ3) is 3.17. The number of hydrogen-bond acceptors (Lipinski definition) is 6. The molecule has 0 saturated carbocycles. The summed E-state index contributed by atoms with van der Waals surface area (Å²) >= 11 is 3.22. The van der Waals surface area contributed by atoms with E-state index in [9.17, 15) is 9.90 Å². The first kappa shape index (κ1) is 16.5. The van der Waals surface area contributed by atoms with Crippen molar-refractivity contribution < 1.29 is 9.90 Å². The third-order valence-corrected chi connectivity index (χ3v) is 5.94. The van der Waals surface area contributed by atoms with E-state index in [4.69, 9.17) is 0 Å². The first-order chi connectivity index (χ1) is 11.0. The second kappa shape index (κ2) is 6.65. The van der Waals surface area contributed by atoms with Crippen LogP contribution in [-0.2, 0) is 17.6 Å². The number of hydrogen-bond donors (Lipinski definition) is 2. The Kier molecular flexibility index (Phi) is 4.77. The van der Waals surface area contributed by atoms with Gasteiger partial charge in [-0.05, 0) is 43.4 Å². The highest BCUT2D eigenvalue weighted by Crippen LogP contribution is 2.39. The highest BCUT2D eigenvalue weighted by molar-refractivity contribution is 7.98. The van der Waals surface area contributed by atoms with Gasteiger partial charge in [-0.25, -0.2) is 14.8 Å². The van der Waals surface area contributed by atoms with E-state index in [0.717, 1.165) is 23.1 Å². The van der Waals surface area contributed by atoms with Crippen LogP contribution in [0.2, 0.25) is 0 Å². The second-order valence-corrected chi connectivity index (χ2v) is 8.01. The summed E-state index contributed by atoms with van der Waals surface area (Å²) in [6, 6.07) is -0.651. The first-order valence-electron chi connectivity index (χ1n) is 7.87. The predicted molar refractivity (Wildman–Crippen MR) is 95.7 cm³/mol. The van der Waals surface area contributed by atoms with Crippen molar-refractivity contribution in [1.82, 2.24) is 9.97 Å². The Morgan fingerprint density at radius 2 is 2.04 bits per heavy atom. The van der Waals surface area contributed by atoms with E-state index in [0.29, 0.717) is 11.0 Å². The fourth-order valence-electron chi connectivity index (χ4n) is 2.99. The van der Waals surface area contributed by atoms with Crippen LogP contribution in [0.1, 0.15) is 37.1 Å². The molecule has 0 spiro atoms. The van der Waals surface area contributed by atoms with Crippen LogP contribution in [0.3, 0.4) is 0 Å². The van der Waals surface area contributed by atoms with E-state index in [-0.39, 0.29) is 5.92 Å². The van der Waals surface area contributed by atoms with E-state index in [1.54, 1.807) is 11.3 Å². The van der Waals surface area contributed by atoms with Crippen molar-refractivity contribution in [3.8, 4) is 0 Å². The number of aryl methyl sites for hydroxylation is 2. The molecule has 2 aromatic rings. The van der Waals surface area contributed by atoms with E-state index in [2.05, 4.69) is 15.3 Å². The van der Waals surface area contributed by atoms with Gasteiger partial charge in [0.1, 0.15) is 16.7 Å². The van der Waals surface area contributed by atoms with E-state index in [1.807, 2.05) is 20.1 Å². The Balaban J connectivity index is 2.13. The molecule has 23 heavy (non-hydrogen) atoms. The molecule has 0 saturated heterocycles. The van der Waals surface area contributed by atoms with Gasteiger partial charge in [0.05, 0.1) is 5.39 Å². The number of anilines is 1. The SMILES string of the molecule is CSc1nc(NC(C(=O)O)C(C)C)c2c3c(sc2n1)CCCC3. The molecule has 7 heteroatoms. The molecule has 124 valence electrons. The van der Waals surface area contributed by atoms with Gasteiger partial charge in [-0.15, -0.1) is 11.3 Å². The topological polar surface area (TPSA) is 75.1 Å². The van der Waals surface area contributed by atoms with Gasteiger partial charge in [-0.2, -0.15) is 0 Å². The van der Waals surface area contributed by atoms with Crippen LogP contribution < -0.4 is 5.32 Å². The molecule has 0 aromatic carbocycles. The monoisotopic (exact) mass is 351 g/mol. The van der Waals surface area contributed by atoms with Gasteiger partial charge in [0.2, 0.25) is 0 Å². The lowest BCUT2D eigenvalue weighted by Gasteiger charge is -2.20. The highest BCUT2D eigenvalue weighted by Gasteiger charge is 2.26. The predicted octanol–water partition coefficient (Wildman–Crippen LogP) is 3.81. The molecule has 0 amide bonds. The van der Waals surface area contributed by atoms with Crippen molar-refractivity contribution in [2.24, 2.45) is 5.92 Å². The maximum Gasteiger partial charge on any atom is 0.326 e. The molecule has 0 bridgehead atoms. The van der Waals surface area contributed by atoms with Gasteiger partial charge in [0.25, 0.3) is 0 Å². The largest absolute Gasteiger partial charge is 0.480 e. The molecule has 1 aliphatic rings. The Morgan fingerprint density at radius 3 is 2.70 bits per heavy atom. The summed E-state index contributed by atoms with van der Waals surface area (Å²) < 4.78 is 0. The van der Waals surface area contributed by atoms with Gasteiger partial charge in [0.15, 0.2) is 5.16 Å². The third-order valence-electron chi connectivity index (χ3n) is 4.20. The van der Waals surface area contributed by atoms with Crippen LogP contribution in [-0.4, -0.2) is 33.3 Å². The number of carboxylic acid groups (broad SMARTS) is 1.